The molecule has 0 unspecified atom stereocenters. The third-order valence-corrected chi connectivity index (χ3v) is 6.07. The van der Waals surface area contributed by atoms with Gasteiger partial charge in [0.2, 0.25) is 10.0 Å². The van der Waals surface area contributed by atoms with Gasteiger partial charge in [-0.1, -0.05) is 30.7 Å². The van der Waals surface area contributed by atoms with Crippen molar-refractivity contribution in [1.82, 2.24) is 9.55 Å². The van der Waals surface area contributed by atoms with Crippen molar-refractivity contribution in [1.29, 1.82) is 0 Å². The molecule has 2 N–H and O–H groups in total. The lowest BCUT2D eigenvalue weighted by atomic mass is 10.2. The van der Waals surface area contributed by atoms with Crippen LogP contribution in [0.1, 0.15) is 12.7 Å². The number of sulfonamides is 1. The summed E-state index contributed by atoms with van der Waals surface area (Å²) in [6, 6.07) is 8.18. The first-order valence-electron chi connectivity index (χ1n) is 6.66. The number of para-hydroxylation sites is 1. The van der Waals surface area contributed by atoms with Crippen molar-refractivity contribution in [3.63, 3.8) is 0 Å². The lowest BCUT2D eigenvalue weighted by Crippen LogP contribution is -2.23. The molecule has 0 aliphatic heterocycles. The Morgan fingerprint density at radius 2 is 2.04 bits per heavy atom. The Hall–Kier alpha value is -1.74. The Kier molecular flexibility index (Phi) is 4.01. The number of rotatable bonds is 3. The first kappa shape index (κ1) is 16.1. The molecule has 1 aromatic carbocycles. The molecule has 0 radical (unpaired) electrons. The highest BCUT2D eigenvalue weighted by Crippen LogP contribution is 2.27. The van der Waals surface area contributed by atoms with Crippen molar-refractivity contribution >= 4 is 43.2 Å². The SMILES string of the molecule is CCc1nc2sc(S(N)(=O)=O)cc2c(=O)n1-c1ccccc1Cl. The maximum Gasteiger partial charge on any atom is 0.266 e. The normalized spacial score (nSPS) is 12.0. The van der Waals surface area contributed by atoms with Crippen molar-refractivity contribution in [2.75, 3.05) is 0 Å². The van der Waals surface area contributed by atoms with E-state index in [1.165, 1.54) is 10.6 Å². The second-order valence-corrected chi connectivity index (χ2v) is 8.03. The molecule has 0 bridgehead atoms. The van der Waals surface area contributed by atoms with E-state index in [1.807, 2.05) is 6.92 Å². The van der Waals surface area contributed by atoms with Gasteiger partial charge in [0.25, 0.3) is 5.56 Å². The first-order valence-corrected chi connectivity index (χ1v) is 9.40. The summed E-state index contributed by atoms with van der Waals surface area (Å²) in [5.41, 5.74) is 0.139. The molecule has 0 saturated heterocycles. The fourth-order valence-corrected chi connectivity index (χ4v) is 4.24. The van der Waals surface area contributed by atoms with Crippen molar-refractivity contribution < 1.29 is 8.42 Å². The zero-order valence-electron chi connectivity index (χ0n) is 12.0. The van der Waals surface area contributed by atoms with Crippen LogP contribution < -0.4 is 10.7 Å². The lowest BCUT2D eigenvalue weighted by Gasteiger charge is -2.12. The number of nitrogens with zero attached hydrogens (tertiary/aromatic N) is 2. The summed E-state index contributed by atoms with van der Waals surface area (Å²) in [7, 11) is -3.88. The molecule has 0 atom stereocenters. The molecule has 6 nitrogen and oxygen atoms in total. The lowest BCUT2D eigenvalue weighted by molar-refractivity contribution is 0.600. The number of hydrogen-bond acceptors (Lipinski definition) is 5. The average Bonchev–Trinajstić information content (AvgIpc) is 2.93. The van der Waals surface area contributed by atoms with Crippen LogP contribution in [0, 0.1) is 0 Å². The number of hydrogen-bond donors (Lipinski definition) is 1. The minimum atomic E-state index is -3.88. The number of fused-ring (bicyclic) bond motifs is 1. The topological polar surface area (TPSA) is 95.1 Å². The summed E-state index contributed by atoms with van der Waals surface area (Å²) in [6.45, 7) is 1.86. The molecule has 3 aromatic rings. The predicted molar refractivity (Wildman–Crippen MR) is 91.0 cm³/mol. The number of benzene rings is 1. The zero-order valence-corrected chi connectivity index (χ0v) is 14.4. The summed E-state index contributed by atoms with van der Waals surface area (Å²) in [4.78, 5) is 17.6. The van der Waals surface area contributed by atoms with Crippen LogP contribution in [-0.2, 0) is 16.4 Å². The van der Waals surface area contributed by atoms with Gasteiger partial charge in [0.1, 0.15) is 14.9 Å². The number of nitrogens with two attached hydrogens (primary N) is 1. The van der Waals surface area contributed by atoms with Gasteiger partial charge in [0.15, 0.2) is 0 Å². The van der Waals surface area contributed by atoms with Gasteiger partial charge in [-0.15, -0.1) is 11.3 Å². The molecule has 9 heteroatoms. The Balaban J connectivity index is 2.41. The Bertz CT molecular complexity index is 1070. The zero-order chi connectivity index (χ0) is 16.8. The molecule has 0 spiro atoms. The highest BCUT2D eigenvalue weighted by molar-refractivity contribution is 7.91. The Labute approximate surface area is 141 Å². The van der Waals surface area contributed by atoms with Crippen molar-refractivity contribution in [3.8, 4) is 5.69 Å². The minimum Gasteiger partial charge on any atom is -0.268 e. The monoisotopic (exact) mass is 369 g/mol. The van der Waals surface area contributed by atoms with Crippen LogP contribution in [0.25, 0.3) is 15.9 Å². The van der Waals surface area contributed by atoms with Crippen LogP contribution in [0.4, 0.5) is 0 Å². The van der Waals surface area contributed by atoms with Crippen LogP contribution in [0.15, 0.2) is 39.3 Å². The quantitative estimate of drug-likeness (QED) is 0.766. The summed E-state index contributed by atoms with van der Waals surface area (Å²) >= 11 is 7.07. The molecular formula is C14H12ClN3O3S2. The second-order valence-electron chi connectivity index (χ2n) is 4.80. The average molecular weight is 370 g/mol. The maximum absolute atomic E-state index is 12.8. The molecule has 0 amide bonds. The van der Waals surface area contributed by atoms with Gasteiger partial charge >= 0.3 is 0 Å². The van der Waals surface area contributed by atoms with Gasteiger partial charge in [0.05, 0.1) is 16.1 Å². The van der Waals surface area contributed by atoms with Gasteiger partial charge in [-0.3, -0.25) is 9.36 Å². The van der Waals surface area contributed by atoms with E-state index in [9.17, 15) is 13.2 Å². The van der Waals surface area contributed by atoms with Crippen molar-refractivity contribution in [3.05, 3.63) is 51.5 Å². The molecule has 0 saturated carbocycles. The van der Waals surface area contributed by atoms with Crippen molar-refractivity contribution in [2.45, 2.75) is 17.6 Å². The summed E-state index contributed by atoms with van der Waals surface area (Å²) in [5.74, 6) is 0.499. The van der Waals surface area contributed by atoms with E-state index in [0.717, 1.165) is 11.3 Å². The highest BCUT2D eigenvalue weighted by atomic mass is 35.5. The number of aromatic nitrogens is 2. The van der Waals surface area contributed by atoms with E-state index in [2.05, 4.69) is 4.98 Å². The molecular weight excluding hydrogens is 358 g/mol. The van der Waals surface area contributed by atoms with E-state index >= 15 is 0 Å². The van der Waals surface area contributed by atoms with Gasteiger partial charge in [-0.2, -0.15) is 0 Å². The van der Waals surface area contributed by atoms with Crippen LogP contribution in [-0.4, -0.2) is 18.0 Å². The van der Waals surface area contributed by atoms with Gasteiger partial charge in [0, 0.05) is 6.42 Å². The van der Waals surface area contributed by atoms with Gasteiger partial charge in [-0.25, -0.2) is 18.5 Å². The molecule has 3 rings (SSSR count). The fraction of sp³-hybridized carbons (Fsp3) is 0.143. The number of thiophene rings is 1. The Morgan fingerprint density at radius 3 is 2.65 bits per heavy atom. The van der Waals surface area contributed by atoms with Crippen LogP contribution in [0.5, 0.6) is 0 Å². The second kappa shape index (κ2) is 5.72. The number of aryl methyl sites for hydroxylation is 1. The van der Waals surface area contributed by atoms with E-state index < -0.39 is 10.0 Å². The van der Waals surface area contributed by atoms with Gasteiger partial charge < -0.3 is 0 Å². The molecule has 0 fully saturated rings. The van der Waals surface area contributed by atoms with E-state index in [-0.39, 0.29) is 15.2 Å². The number of primary sulfonamides is 1. The largest absolute Gasteiger partial charge is 0.268 e. The summed E-state index contributed by atoms with van der Waals surface area (Å²) < 4.78 is 24.3. The Morgan fingerprint density at radius 1 is 1.35 bits per heavy atom. The molecule has 0 aliphatic carbocycles. The summed E-state index contributed by atoms with van der Waals surface area (Å²) in [5, 5.41) is 5.75. The third-order valence-electron chi connectivity index (χ3n) is 3.30. The predicted octanol–water partition coefficient (Wildman–Crippen LogP) is 2.31. The van der Waals surface area contributed by atoms with E-state index in [4.69, 9.17) is 16.7 Å². The smallest absolute Gasteiger partial charge is 0.266 e. The molecule has 0 aliphatic rings. The first-order chi connectivity index (χ1) is 10.8. The molecule has 120 valence electrons. The number of halogens is 1. The highest BCUT2D eigenvalue weighted by Gasteiger charge is 2.19. The van der Waals surface area contributed by atoms with E-state index in [1.54, 1.807) is 24.3 Å². The minimum absolute atomic E-state index is 0.0870. The molecule has 2 heterocycles. The molecule has 2 aromatic heterocycles. The standard InChI is InChI=1S/C14H12ClN3O3S2/c1-2-11-17-13-8(7-12(22-13)23(16,20)21)14(19)18(11)10-6-4-3-5-9(10)15/h3-7H,2H2,1H3,(H2,16,20,21). The maximum atomic E-state index is 12.8. The summed E-state index contributed by atoms with van der Waals surface area (Å²) in [6.07, 6.45) is 0.485. The van der Waals surface area contributed by atoms with Crippen LogP contribution in [0.2, 0.25) is 5.02 Å². The molecule has 23 heavy (non-hydrogen) atoms. The van der Waals surface area contributed by atoms with Crippen LogP contribution >= 0.6 is 22.9 Å². The van der Waals surface area contributed by atoms with Crippen LogP contribution in [0.3, 0.4) is 0 Å². The van der Waals surface area contributed by atoms with Crippen molar-refractivity contribution in [2.24, 2.45) is 5.14 Å². The van der Waals surface area contributed by atoms with Gasteiger partial charge in [-0.05, 0) is 18.2 Å². The fourth-order valence-electron chi connectivity index (χ4n) is 2.26. The third kappa shape index (κ3) is 2.78. The van der Waals surface area contributed by atoms with E-state index in [0.29, 0.717) is 27.8 Å².